The van der Waals surface area contributed by atoms with Crippen LogP contribution < -0.4 is 0 Å². The number of phenolic OH excluding ortho intramolecular Hbond substituents is 1. The maximum absolute atomic E-state index is 10.3. The second-order valence-electron chi connectivity index (χ2n) is 9.85. The number of hydrogen-bond donors (Lipinski definition) is 1. The monoisotopic (exact) mass is 412 g/mol. The summed E-state index contributed by atoms with van der Waals surface area (Å²) in [7, 11) is 2.36. The fourth-order valence-corrected chi connectivity index (χ4v) is 6.28. The Bertz CT molecular complexity index is 659. The predicted octanol–water partition coefficient (Wildman–Crippen LogP) is 6.33. The van der Waals surface area contributed by atoms with Gasteiger partial charge in [-0.15, -0.1) is 6.58 Å². The number of nitrogens with zero attached hydrogens (tertiary/aromatic N) is 2. The van der Waals surface area contributed by atoms with Gasteiger partial charge in [-0.2, -0.15) is 0 Å². The predicted molar refractivity (Wildman–Crippen MR) is 128 cm³/mol. The van der Waals surface area contributed by atoms with Gasteiger partial charge in [-0.3, -0.25) is 9.80 Å². The molecule has 1 N–H and O–H groups in total. The molecule has 3 rings (SSSR count). The first-order valence-electron chi connectivity index (χ1n) is 12.4. The van der Waals surface area contributed by atoms with Crippen molar-refractivity contribution in [3.8, 4) is 5.75 Å². The molecule has 1 aromatic carbocycles. The van der Waals surface area contributed by atoms with Gasteiger partial charge in [-0.1, -0.05) is 44.4 Å². The van der Waals surface area contributed by atoms with Gasteiger partial charge < -0.3 is 5.11 Å². The van der Waals surface area contributed by atoms with E-state index in [1.165, 1.54) is 56.9 Å². The van der Waals surface area contributed by atoms with Crippen molar-refractivity contribution < 1.29 is 5.11 Å². The fourth-order valence-electron chi connectivity index (χ4n) is 6.28. The summed E-state index contributed by atoms with van der Waals surface area (Å²) >= 11 is 0. The summed E-state index contributed by atoms with van der Waals surface area (Å²) in [5.41, 5.74) is 1.33. The SMILES string of the molecule is C=CCN(CCC)C1CCC(c2cccc(O)c2)(N(C)C(C)C2CCCCC2)CC1. The first-order valence-corrected chi connectivity index (χ1v) is 12.4. The summed E-state index contributed by atoms with van der Waals surface area (Å²) in [6.07, 6.45) is 14.9. The molecule has 1 atom stereocenters. The Morgan fingerprint density at radius 2 is 1.87 bits per heavy atom. The summed E-state index contributed by atoms with van der Waals surface area (Å²) < 4.78 is 0. The summed E-state index contributed by atoms with van der Waals surface area (Å²) in [6.45, 7) is 10.9. The van der Waals surface area contributed by atoms with Gasteiger partial charge in [0.2, 0.25) is 0 Å². The third-order valence-electron chi connectivity index (χ3n) is 8.17. The Morgan fingerprint density at radius 1 is 1.17 bits per heavy atom. The molecule has 0 bridgehead atoms. The molecule has 0 saturated heterocycles. The topological polar surface area (TPSA) is 26.7 Å². The Morgan fingerprint density at radius 3 is 2.47 bits per heavy atom. The second-order valence-corrected chi connectivity index (χ2v) is 9.85. The Kier molecular flexibility index (Phi) is 8.42. The van der Waals surface area contributed by atoms with Crippen molar-refractivity contribution in [2.45, 2.75) is 95.7 Å². The van der Waals surface area contributed by atoms with Crippen molar-refractivity contribution in [1.82, 2.24) is 9.80 Å². The van der Waals surface area contributed by atoms with Crippen molar-refractivity contribution in [1.29, 1.82) is 0 Å². The zero-order valence-electron chi connectivity index (χ0n) is 19.7. The molecule has 3 nitrogen and oxygen atoms in total. The van der Waals surface area contributed by atoms with Crippen LogP contribution in [-0.4, -0.2) is 47.1 Å². The summed E-state index contributed by atoms with van der Waals surface area (Å²) in [4.78, 5) is 5.33. The highest BCUT2D eigenvalue weighted by Gasteiger charge is 2.44. The molecule has 168 valence electrons. The number of benzene rings is 1. The molecule has 0 amide bonds. The number of aromatic hydroxyl groups is 1. The van der Waals surface area contributed by atoms with Crippen LogP contribution in [0.3, 0.4) is 0 Å². The van der Waals surface area contributed by atoms with Crippen molar-refractivity contribution in [2.75, 3.05) is 20.1 Å². The van der Waals surface area contributed by atoms with Crippen molar-refractivity contribution >= 4 is 0 Å². The Balaban J connectivity index is 1.84. The van der Waals surface area contributed by atoms with E-state index in [-0.39, 0.29) is 5.54 Å². The van der Waals surface area contributed by atoms with E-state index >= 15 is 0 Å². The van der Waals surface area contributed by atoms with E-state index in [0.717, 1.165) is 31.8 Å². The quantitative estimate of drug-likeness (QED) is 0.480. The van der Waals surface area contributed by atoms with Gasteiger partial charge in [0.1, 0.15) is 5.75 Å². The lowest BCUT2D eigenvalue weighted by molar-refractivity contribution is -0.00925. The minimum absolute atomic E-state index is 0.0260. The molecule has 2 aliphatic carbocycles. The van der Waals surface area contributed by atoms with Gasteiger partial charge in [0.15, 0.2) is 0 Å². The lowest BCUT2D eigenvalue weighted by Gasteiger charge is -2.52. The number of phenols is 1. The molecule has 0 heterocycles. The largest absolute Gasteiger partial charge is 0.508 e. The van der Waals surface area contributed by atoms with Crippen molar-refractivity contribution in [3.05, 3.63) is 42.5 Å². The van der Waals surface area contributed by atoms with E-state index in [2.05, 4.69) is 49.4 Å². The first kappa shape index (κ1) is 23.3. The van der Waals surface area contributed by atoms with Gasteiger partial charge in [0.05, 0.1) is 0 Å². The van der Waals surface area contributed by atoms with E-state index in [0.29, 0.717) is 17.8 Å². The van der Waals surface area contributed by atoms with Crippen LogP contribution in [0.25, 0.3) is 0 Å². The third kappa shape index (κ3) is 5.11. The zero-order chi connectivity index (χ0) is 21.6. The van der Waals surface area contributed by atoms with Crippen LogP contribution in [0.15, 0.2) is 36.9 Å². The van der Waals surface area contributed by atoms with Gasteiger partial charge in [-0.25, -0.2) is 0 Å². The molecule has 3 heteroatoms. The van der Waals surface area contributed by atoms with Gasteiger partial charge in [-0.05, 0) is 89.1 Å². The summed E-state index contributed by atoms with van der Waals surface area (Å²) in [6, 6.07) is 9.32. The average Bonchev–Trinajstić information content (AvgIpc) is 2.78. The number of rotatable bonds is 9. The van der Waals surface area contributed by atoms with Crippen LogP contribution in [0.4, 0.5) is 0 Å². The van der Waals surface area contributed by atoms with Crippen LogP contribution in [0.5, 0.6) is 5.75 Å². The highest BCUT2D eigenvalue weighted by atomic mass is 16.3. The molecule has 1 aromatic rings. The maximum atomic E-state index is 10.3. The second kappa shape index (κ2) is 10.8. The molecule has 0 spiro atoms. The summed E-state index contributed by atoms with van der Waals surface area (Å²) in [5, 5.41) is 10.3. The van der Waals surface area contributed by atoms with E-state index in [1.807, 2.05) is 12.1 Å². The molecule has 0 aliphatic heterocycles. The summed E-state index contributed by atoms with van der Waals surface area (Å²) in [5.74, 6) is 1.19. The molecule has 2 saturated carbocycles. The maximum Gasteiger partial charge on any atom is 0.115 e. The lowest BCUT2D eigenvalue weighted by atomic mass is 9.71. The normalized spacial score (nSPS) is 26.8. The molecular weight excluding hydrogens is 368 g/mol. The minimum atomic E-state index is 0.0260. The van der Waals surface area contributed by atoms with Crippen LogP contribution in [0, 0.1) is 5.92 Å². The molecule has 0 aromatic heterocycles. The van der Waals surface area contributed by atoms with Gasteiger partial charge in [0.25, 0.3) is 0 Å². The van der Waals surface area contributed by atoms with Gasteiger partial charge in [0, 0.05) is 24.2 Å². The van der Waals surface area contributed by atoms with Crippen LogP contribution in [-0.2, 0) is 5.54 Å². The molecule has 0 radical (unpaired) electrons. The highest BCUT2D eigenvalue weighted by molar-refractivity contribution is 5.33. The lowest BCUT2D eigenvalue weighted by Crippen LogP contribution is -2.54. The van der Waals surface area contributed by atoms with E-state index in [9.17, 15) is 5.11 Å². The first-order chi connectivity index (χ1) is 14.5. The van der Waals surface area contributed by atoms with Crippen molar-refractivity contribution in [3.63, 3.8) is 0 Å². The molecule has 1 unspecified atom stereocenters. The van der Waals surface area contributed by atoms with Crippen LogP contribution in [0.2, 0.25) is 0 Å². The standard InChI is InChI=1S/C27H44N2O/c1-5-19-29(20-6-2)25-15-17-27(18-16-25,24-13-10-14-26(30)21-24)28(4)22(3)23-11-8-7-9-12-23/h5,10,13-14,21-23,25,30H,1,6-9,11-12,15-20H2,2-4H3. The van der Waals surface area contributed by atoms with E-state index in [1.54, 1.807) is 6.07 Å². The third-order valence-corrected chi connectivity index (χ3v) is 8.17. The molecular formula is C27H44N2O. The fraction of sp³-hybridized carbons (Fsp3) is 0.704. The number of hydrogen-bond acceptors (Lipinski definition) is 3. The van der Waals surface area contributed by atoms with Crippen LogP contribution >= 0.6 is 0 Å². The Hall–Kier alpha value is -1.32. The average molecular weight is 413 g/mol. The Labute approximate surface area is 185 Å². The molecule has 30 heavy (non-hydrogen) atoms. The highest BCUT2D eigenvalue weighted by Crippen LogP contribution is 2.46. The molecule has 2 fully saturated rings. The smallest absolute Gasteiger partial charge is 0.115 e. The van der Waals surface area contributed by atoms with Crippen LogP contribution in [0.1, 0.15) is 83.6 Å². The van der Waals surface area contributed by atoms with E-state index in [4.69, 9.17) is 0 Å². The van der Waals surface area contributed by atoms with E-state index < -0.39 is 0 Å². The van der Waals surface area contributed by atoms with Crippen molar-refractivity contribution in [2.24, 2.45) is 5.92 Å². The molecule has 2 aliphatic rings. The minimum Gasteiger partial charge on any atom is -0.508 e. The van der Waals surface area contributed by atoms with Gasteiger partial charge >= 0.3 is 0 Å². The zero-order valence-corrected chi connectivity index (χ0v) is 19.7.